The zero-order chi connectivity index (χ0) is 21.8. The first-order valence-electron chi connectivity index (χ1n) is 11.1. The van der Waals surface area contributed by atoms with E-state index in [4.69, 9.17) is 9.72 Å². The smallest absolute Gasteiger partial charge is 0.282 e. The highest BCUT2D eigenvalue weighted by molar-refractivity contribution is 9.10. The van der Waals surface area contributed by atoms with Gasteiger partial charge in [-0.1, -0.05) is 54.2 Å². The molecular weight excluding hydrogens is 454 g/mol. The van der Waals surface area contributed by atoms with Crippen molar-refractivity contribution < 1.29 is 4.74 Å². The Morgan fingerprint density at radius 3 is 2.77 bits per heavy atom. The fourth-order valence-electron chi connectivity index (χ4n) is 4.02. The third kappa shape index (κ3) is 4.90. The molecule has 0 spiro atoms. The van der Waals surface area contributed by atoms with E-state index in [-0.39, 0.29) is 17.6 Å². The van der Waals surface area contributed by atoms with Crippen molar-refractivity contribution in [3.63, 3.8) is 0 Å². The van der Waals surface area contributed by atoms with Gasteiger partial charge in [-0.15, -0.1) is 0 Å². The number of rotatable bonds is 6. The van der Waals surface area contributed by atoms with E-state index in [0.717, 1.165) is 59.2 Å². The van der Waals surface area contributed by atoms with E-state index in [1.165, 1.54) is 11.1 Å². The van der Waals surface area contributed by atoms with Crippen LogP contribution in [0.25, 0.3) is 10.9 Å². The molecule has 3 aromatic rings. The maximum Gasteiger partial charge on any atom is 0.282 e. The molecule has 4 rings (SSSR count). The summed E-state index contributed by atoms with van der Waals surface area (Å²) < 4.78 is 8.40. The van der Waals surface area contributed by atoms with Crippen LogP contribution >= 0.6 is 15.9 Å². The molecular formula is C25H28BrN3O2. The lowest BCUT2D eigenvalue weighted by atomic mass is 9.88. The molecule has 1 saturated carbocycles. The Bertz CT molecular complexity index is 1150. The Morgan fingerprint density at radius 1 is 1.23 bits per heavy atom. The second-order valence-corrected chi connectivity index (χ2v) is 9.12. The summed E-state index contributed by atoms with van der Waals surface area (Å²) in [5, 5.41) is 5.21. The topological polar surface area (TPSA) is 56.5 Å². The molecule has 31 heavy (non-hydrogen) atoms. The van der Waals surface area contributed by atoms with E-state index in [9.17, 15) is 4.79 Å². The highest BCUT2D eigenvalue weighted by atomic mass is 79.9. The van der Waals surface area contributed by atoms with Crippen LogP contribution in [-0.4, -0.2) is 22.0 Å². The van der Waals surface area contributed by atoms with Crippen LogP contribution in [-0.2, 0) is 0 Å². The normalized spacial score (nSPS) is 16.1. The summed E-state index contributed by atoms with van der Waals surface area (Å²) in [5.41, 5.74) is 1.43. The van der Waals surface area contributed by atoms with Gasteiger partial charge in [-0.3, -0.25) is 4.79 Å². The van der Waals surface area contributed by atoms with Gasteiger partial charge in [0.25, 0.3) is 5.56 Å². The molecule has 2 aromatic carbocycles. The molecule has 0 amide bonds. The minimum Gasteiger partial charge on any atom is -0.490 e. The van der Waals surface area contributed by atoms with E-state index in [1.807, 2.05) is 49.4 Å². The molecule has 1 aliphatic rings. The van der Waals surface area contributed by atoms with Gasteiger partial charge in [-0.25, -0.2) is 4.98 Å². The van der Waals surface area contributed by atoms with Crippen LogP contribution in [0.15, 0.2) is 56.8 Å². The third-order valence-corrected chi connectivity index (χ3v) is 6.43. The van der Waals surface area contributed by atoms with Crippen molar-refractivity contribution in [3.05, 3.63) is 68.7 Å². The van der Waals surface area contributed by atoms with Crippen molar-refractivity contribution >= 4 is 33.0 Å². The average Bonchev–Trinajstić information content (AvgIpc) is 2.80. The minimum atomic E-state index is -0.136. The van der Waals surface area contributed by atoms with Gasteiger partial charge in [0.05, 0.1) is 23.2 Å². The standard InChI is InChI=1S/C25H28BrN3O2/c1-3-17(2)31-23-12-8-7-11-19(23)16-27-29-24(18-9-5-4-6-10-18)28-22-14-13-20(26)15-21(22)25(29)30/h7-8,11-18H,3-6,9-10H2,1-2H3/t17-/m1/s1. The van der Waals surface area contributed by atoms with Crippen LogP contribution < -0.4 is 10.3 Å². The second-order valence-electron chi connectivity index (χ2n) is 8.20. The fraction of sp³-hybridized carbons (Fsp3) is 0.400. The molecule has 0 unspecified atom stereocenters. The molecule has 0 N–H and O–H groups in total. The maximum atomic E-state index is 13.4. The molecule has 1 atom stereocenters. The molecule has 1 aliphatic carbocycles. The van der Waals surface area contributed by atoms with Crippen LogP contribution in [0.5, 0.6) is 5.75 Å². The summed E-state index contributed by atoms with van der Waals surface area (Å²) in [6.07, 6.45) is 8.38. The van der Waals surface area contributed by atoms with E-state index >= 15 is 0 Å². The molecule has 0 aliphatic heterocycles. The zero-order valence-electron chi connectivity index (χ0n) is 18.1. The molecule has 0 bridgehead atoms. The SMILES string of the molecule is CC[C@@H](C)Oc1ccccc1C=Nn1c(C2CCCCC2)nc2ccc(Br)cc2c1=O. The number of fused-ring (bicyclic) bond motifs is 1. The Balaban J connectivity index is 1.81. The first-order chi connectivity index (χ1) is 15.1. The number of hydrogen-bond donors (Lipinski definition) is 0. The number of aromatic nitrogens is 2. The highest BCUT2D eigenvalue weighted by Gasteiger charge is 2.22. The summed E-state index contributed by atoms with van der Waals surface area (Å²) in [4.78, 5) is 18.3. The average molecular weight is 482 g/mol. The largest absolute Gasteiger partial charge is 0.490 e. The number of para-hydroxylation sites is 1. The first kappa shape index (κ1) is 21.8. The number of ether oxygens (including phenoxy) is 1. The van der Waals surface area contributed by atoms with Crippen molar-refractivity contribution in [1.29, 1.82) is 0 Å². The molecule has 6 heteroatoms. The molecule has 1 heterocycles. The van der Waals surface area contributed by atoms with Gasteiger partial charge >= 0.3 is 0 Å². The van der Waals surface area contributed by atoms with Crippen LogP contribution in [0.3, 0.4) is 0 Å². The lowest BCUT2D eigenvalue weighted by Gasteiger charge is -2.22. The summed E-state index contributed by atoms with van der Waals surface area (Å²) in [7, 11) is 0. The number of nitrogens with zero attached hydrogens (tertiary/aromatic N) is 3. The highest BCUT2D eigenvalue weighted by Crippen LogP contribution is 2.32. The zero-order valence-corrected chi connectivity index (χ0v) is 19.6. The molecule has 1 fully saturated rings. The van der Waals surface area contributed by atoms with Crippen molar-refractivity contribution in [2.45, 2.75) is 64.4 Å². The predicted octanol–water partition coefficient (Wildman–Crippen LogP) is 6.27. The van der Waals surface area contributed by atoms with E-state index < -0.39 is 0 Å². The summed E-state index contributed by atoms with van der Waals surface area (Å²) in [5.74, 6) is 1.78. The van der Waals surface area contributed by atoms with Crippen LogP contribution in [0.2, 0.25) is 0 Å². The summed E-state index contributed by atoms with van der Waals surface area (Å²) >= 11 is 3.47. The van der Waals surface area contributed by atoms with Crippen molar-refractivity contribution in [2.24, 2.45) is 5.10 Å². The van der Waals surface area contributed by atoms with Gasteiger partial charge in [0.1, 0.15) is 11.6 Å². The van der Waals surface area contributed by atoms with Gasteiger partial charge in [-0.05, 0) is 56.5 Å². The van der Waals surface area contributed by atoms with Gasteiger partial charge in [0, 0.05) is 16.0 Å². The third-order valence-electron chi connectivity index (χ3n) is 5.94. The number of hydrogen-bond acceptors (Lipinski definition) is 4. The van der Waals surface area contributed by atoms with E-state index in [1.54, 1.807) is 6.21 Å². The quantitative estimate of drug-likeness (QED) is 0.390. The Labute approximate surface area is 191 Å². The Kier molecular flexibility index (Phi) is 6.86. The van der Waals surface area contributed by atoms with Crippen molar-refractivity contribution in [2.75, 3.05) is 0 Å². The van der Waals surface area contributed by atoms with Crippen LogP contribution in [0.4, 0.5) is 0 Å². The number of halogens is 1. The van der Waals surface area contributed by atoms with Crippen molar-refractivity contribution in [1.82, 2.24) is 9.66 Å². The second kappa shape index (κ2) is 9.77. The maximum absolute atomic E-state index is 13.4. The van der Waals surface area contributed by atoms with E-state index in [0.29, 0.717) is 5.39 Å². The molecule has 0 radical (unpaired) electrons. The van der Waals surface area contributed by atoms with Crippen LogP contribution in [0.1, 0.15) is 69.7 Å². The van der Waals surface area contributed by atoms with Gasteiger partial charge in [-0.2, -0.15) is 9.78 Å². The van der Waals surface area contributed by atoms with Gasteiger partial charge < -0.3 is 4.74 Å². The Hall–Kier alpha value is -2.47. The summed E-state index contributed by atoms with van der Waals surface area (Å²) in [6, 6.07) is 13.4. The van der Waals surface area contributed by atoms with Crippen LogP contribution in [0, 0.1) is 0 Å². The fourth-order valence-corrected chi connectivity index (χ4v) is 4.38. The van der Waals surface area contributed by atoms with Crippen molar-refractivity contribution in [3.8, 4) is 5.75 Å². The molecule has 1 aromatic heterocycles. The van der Waals surface area contributed by atoms with Gasteiger partial charge in [0.2, 0.25) is 0 Å². The number of benzene rings is 2. The summed E-state index contributed by atoms with van der Waals surface area (Å²) in [6.45, 7) is 4.14. The molecule has 0 saturated heterocycles. The van der Waals surface area contributed by atoms with Gasteiger partial charge in [0.15, 0.2) is 0 Å². The monoisotopic (exact) mass is 481 g/mol. The predicted molar refractivity (Wildman–Crippen MR) is 129 cm³/mol. The Morgan fingerprint density at radius 2 is 2.00 bits per heavy atom. The lowest BCUT2D eigenvalue weighted by molar-refractivity contribution is 0.217. The first-order valence-corrected chi connectivity index (χ1v) is 11.9. The lowest BCUT2D eigenvalue weighted by Crippen LogP contribution is -2.25. The minimum absolute atomic E-state index is 0.106. The molecule has 5 nitrogen and oxygen atoms in total. The molecule has 162 valence electrons. The van der Waals surface area contributed by atoms with E-state index in [2.05, 4.69) is 28.0 Å².